The van der Waals surface area contributed by atoms with Gasteiger partial charge in [-0.1, -0.05) is 23.4 Å². The fourth-order valence-electron chi connectivity index (χ4n) is 1.61. The van der Waals surface area contributed by atoms with Crippen LogP contribution >= 0.6 is 23.4 Å². The van der Waals surface area contributed by atoms with E-state index in [0.29, 0.717) is 17.3 Å². The molecule has 1 aromatic carbocycles. The zero-order chi connectivity index (χ0) is 16.5. The van der Waals surface area contributed by atoms with Crippen molar-refractivity contribution in [2.45, 2.75) is 16.7 Å². The third kappa shape index (κ3) is 6.54. The molecule has 0 saturated carbocycles. The fourth-order valence-corrected chi connectivity index (χ4v) is 2.76. The highest BCUT2D eigenvalue weighted by molar-refractivity contribution is 7.99. The first-order valence-corrected chi connectivity index (χ1v) is 7.71. The van der Waals surface area contributed by atoms with Crippen molar-refractivity contribution >= 4 is 29.3 Å². The molecule has 7 N–H and O–H groups in total. The lowest BCUT2D eigenvalue weighted by atomic mass is 10.4. The molecule has 0 fully saturated rings. The minimum atomic E-state index is -0.539. The Morgan fingerprint density at radius 1 is 1.50 bits per heavy atom. The van der Waals surface area contributed by atoms with Crippen LogP contribution in [0.2, 0.25) is 5.02 Å². The molecule has 0 aliphatic rings. The molecule has 0 aliphatic heterocycles. The normalized spacial score (nSPS) is 12.8. The summed E-state index contributed by atoms with van der Waals surface area (Å²) in [5.74, 6) is 5.43. The second-order valence-electron chi connectivity index (χ2n) is 4.45. The van der Waals surface area contributed by atoms with Gasteiger partial charge in [0, 0.05) is 28.4 Å². The maximum absolute atomic E-state index is 11.4. The molecule has 0 radical (unpaired) electrons. The van der Waals surface area contributed by atoms with Crippen LogP contribution in [0.25, 0.3) is 0 Å². The molecule has 1 unspecified atom stereocenters. The molecule has 0 bridgehead atoms. The number of hydrogen-bond acceptors (Lipinski definition) is 7. The Kier molecular flexibility index (Phi) is 8.07. The van der Waals surface area contributed by atoms with Gasteiger partial charge in [-0.05, 0) is 31.3 Å². The van der Waals surface area contributed by atoms with E-state index in [-0.39, 0.29) is 6.42 Å². The lowest BCUT2D eigenvalue weighted by molar-refractivity contribution is -0.129. The minimum absolute atomic E-state index is 0.0103. The predicted molar refractivity (Wildman–Crippen MR) is 87.9 cm³/mol. The van der Waals surface area contributed by atoms with E-state index in [1.54, 1.807) is 30.9 Å². The summed E-state index contributed by atoms with van der Waals surface area (Å²) in [7, 11) is 1.76. The molecular formula is C13H20ClN5O2S. The Morgan fingerprint density at radius 3 is 2.68 bits per heavy atom. The van der Waals surface area contributed by atoms with Crippen LogP contribution in [-0.4, -0.2) is 35.1 Å². The Balaban J connectivity index is 2.84. The van der Waals surface area contributed by atoms with E-state index in [1.807, 2.05) is 12.1 Å². The summed E-state index contributed by atoms with van der Waals surface area (Å²) in [6.07, 6.45) is 1.54. The van der Waals surface area contributed by atoms with E-state index in [0.717, 1.165) is 4.90 Å². The highest BCUT2D eigenvalue weighted by Crippen LogP contribution is 2.28. The SMILES string of the molecule is CNC/C(N)=C/N(N)C(CC(=O)NO)Sc1ccc(Cl)cc1. The number of likely N-dealkylation sites (N-methyl/N-ethyl adjacent to an activating group) is 1. The highest BCUT2D eigenvalue weighted by atomic mass is 35.5. The number of thioether (sulfide) groups is 1. The van der Waals surface area contributed by atoms with E-state index in [9.17, 15) is 4.79 Å². The molecule has 1 rings (SSSR count). The summed E-state index contributed by atoms with van der Waals surface area (Å²) in [6.45, 7) is 0.470. The number of halogens is 1. The van der Waals surface area contributed by atoms with Crippen LogP contribution in [0, 0.1) is 0 Å². The monoisotopic (exact) mass is 345 g/mol. The van der Waals surface area contributed by atoms with Crippen LogP contribution in [0.3, 0.4) is 0 Å². The Hall–Kier alpha value is -1.45. The van der Waals surface area contributed by atoms with Crippen molar-refractivity contribution in [3.8, 4) is 0 Å². The molecule has 1 aromatic rings. The molecule has 1 amide bonds. The third-order valence-corrected chi connectivity index (χ3v) is 4.08. The van der Waals surface area contributed by atoms with Gasteiger partial charge in [-0.25, -0.2) is 11.3 Å². The number of rotatable bonds is 8. The molecule has 1 atom stereocenters. The van der Waals surface area contributed by atoms with Crippen molar-refractivity contribution in [1.82, 2.24) is 15.8 Å². The van der Waals surface area contributed by atoms with E-state index in [4.69, 9.17) is 28.4 Å². The van der Waals surface area contributed by atoms with E-state index in [2.05, 4.69) is 5.32 Å². The van der Waals surface area contributed by atoms with Crippen molar-refractivity contribution in [3.05, 3.63) is 41.2 Å². The van der Waals surface area contributed by atoms with Gasteiger partial charge in [0.2, 0.25) is 5.91 Å². The average molecular weight is 346 g/mol. The standard InChI is InChI=1S/C13H20ClN5O2S/c1-17-7-10(15)8-19(16)13(6-12(20)18-21)22-11-4-2-9(14)3-5-11/h2-5,8,13,17,21H,6-7,15-16H2,1H3,(H,18,20)/b10-8-. The smallest absolute Gasteiger partial charge is 0.246 e. The van der Waals surface area contributed by atoms with Crippen LogP contribution in [0.1, 0.15) is 6.42 Å². The van der Waals surface area contributed by atoms with Gasteiger partial charge in [-0.15, -0.1) is 0 Å². The number of hydroxylamine groups is 1. The van der Waals surface area contributed by atoms with Gasteiger partial charge in [0.25, 0.3) is 0 Å². The van der Waals surface area contributed by atoms with Gasteiger partial charge >= 0.3 is 0 Å². The number of nitrogens with one attached hydrogen (secondary N) is 2. The topological polar surface area (TPSA) is 117 Å². The average Bonchev–Trinajstić information content (AvgIpc) is 2.48. The summed E-state index contributed by atoms with van der Waals surface area (Å²) in [4.78, 5) is 12.3. The fraction of sp³-hybridized carbons (Fsp3) is 0.308. The molecule has 0 saturated heterocycles. The second-order valence-corrected chi connectivity index (χ2v) is 6.13. The molecule has 9 heteroatoms. The number of amides is 1. The van der Waals surface area contributed by atoms with Crippen LogP contribution in [0.15, 0.2) is 41.1 Å². The zero-order valence-electron chi connectivity index (χ0n) is 12.1. The quantitative estimate of drug-likeness (QED) is 0.156. The second kappa shape index (κ2) is 9.54. The van der Waals surface area contributed by atoms with Gasteiger partial charge in [0.15, 0.2) is 0 Å². The summed E-state index contributed by atoms with van der Waals surface area (Å²) < 4.78 is 0. The molecule has 0 spiro atoms. The molecule has 7 nitrogen and oxygen atoms in total. The third-order valence-electron chi connectivity index (χ3n) is 2.60. The number of hydrazine groups is 1. The van der Waals surface area contributed by atoms with Gasteiger partial charge < -0.3 is 16.1 Å². The Morgan fingerprint density at radius 2 is 2.14 bits per heavy atom. The van der Waals surface area contributed by atoms with Crippen LogP contribution in [0.5, 0.6) is 0 Å². The Labute approximate surface area is 138 Å². The molecule has 122 valence electrons. The lowest BCUT2D eigenvalue weighted by Crippen LogP contribution is -2.39. The number of nitrogens with two attached hydrogens (primary N) is 2. The van der Waals surface area contributed by atoms with Gasteiger partial charge in [-0.3, -0.25) is 10.0 Å². The summed E-state index contributed by atoms with van der Waals surface area (Å²) in [6, 6.07) is 7.15. The molecular weight excluding hydrogens is 326 g/mol. The van der Waals surface area contributed by atoms with Gasteiger partial charge in [0.05, 0.1) is 6.42 Å². The number of nitrogens with zero attached hydrogens (tertiary/aromatic N) is 1. The van der Waals surface area contributed by atoms with Crippen LogP contribution in [-0.2, 0) is 4.79 Å². The first-order chi connectivity index (χ1) is 10.5. The van der Waals surface area contributed by atoms with Crippen LogP contribution < -0.4 is 22.4 Å². The van der Waals surface area contributed by atoms with E-state index >= 15 is 0 Å². The maximum Gasteiger partial charge on any atom is 0.246 e. The van der Waals surface area contributed by atoms with E-state index in [1.165, 1.54) is 16.8 Å². The number of benzene rings is 1. The summed E-state index contributed by atoms with van der Waals surface area (Å²) in [5, 5.41) is 13.1. The minimum Gasteiger partial charge on any atom is -0.400 e. The molecule has 22 heavy (non-hydrogen) atoms. The van der Waals surface area contributed by atoms with Gasteiger partial charge in [0.1, 0.15) is 5.37 Å². The first-order valence-electron chi connectivity index (χ1n) is 6.45. The zero-order valence-corrected chi connectivity index (χ0v) is 13.7. The molecule has 0 aromatic heterocycles. The van der Waals surface area contributed by atoms with Crippen molar-refractivity contribution in [3.63, 3.8) is 0 Å². The number of carbonyl (C=O) groups excluding carboxylic acids is 1. The number of carbonyl (C=O) groups is 1. The number of hydrogen-bond donors (Lipinski definition) is 5. The largest absolute Gasteiger partial charge is 0.400 e. The first kappa shape index (κ1) is 18.6. The maximum atomic E-state index is 11.4. The van der Waals surface area contributed by atoms with Crippen molar-refractivity contribution in [2.75, 3.05) is 13.6 Å². The molecule has 0 aliphatic carbocycles. The summed E-state index contributed by atoms with van der Waals surface area (Å²) in [5.41, 5.74) is 7.93. The van der Waals surface area contributed by atoms with Crippen molar-refractivity contribution in [2.24, 2.45) is 11.6 Å². The highest BCUT2D eigenvalue weighted by Gasteiger charge is 2.19. The van der Waals surface area contributed by atoms with Crippen LogP contribution in [0.4, 0.5) is 0 Å². The molecule has 0 heterocycles. The van der Waals surface area contributed by atoms with Gasteiger partial charge in [-0.2, -0.15) is 0 Å². The van der Waals surface area contributed by atoms with Crippen molar-refractivity contribution in [1.29, 1.82) is 0 Å². The summed E-state index contributed by atoms with van der Waals surface area (Å²) >= 11 is 7.21. The predicted octanol–water partition coefficient (Wildman–Crippen LogP) is 0.849. The Bertz CT molecular complexity index is 512. The lowest BCUT2D eigenvalue weighted by Gasteiger charge is -2.25. The van der Waals surface area contributed by atoms with Crippen molar-refractivity contribution < 1.29 is 10.0 Å². The van der Waals surface area contributed by atoms with E-state index < -0.39 is 11.3 Å².